The number of fused-ring (bicyclic) bond motifs is 1. The SMILES string of the molecule is Nc1nc(-c2ccc(NC(=O)CN3C(=O)COc4c3ccc(F)c4F)cc2)cs1. The first-order valence-corrected chi connectivity index (χ1v) is 9.33. The van der Waals surface area contributed by atoms with Crippen molar-refractivity contribution in [3.63, 3.8) is 0 Å². The van der Waals surface area contributed by atoms with Gasteiger partial charge in [-0.3, -0.25) is 14.5 Å². The quantitative estimate of drug-likeness (QED) is 0.681. The Balaban J connectivity index is 1.47. The number of nitrogens with two attached hydrogens (primary N) is 1. The van der Waals surface area contributed by atoms with Gasteiger partial charge >= 0.3 is 0 Å². The van der Waals surface area contributed by atoms with Crippen LogP contribution in [-0.2, 0) is 9.59 Å². The third-order valence-electron chi connectivity index (χ3n) is 4.25. The number of carbonyl (C=O) groups is 2. The first-order valence-electron chi connectivity index (χ1n) is 8.45. The molecule has 0 fully saturated rings. The summed E-state index contributed by atoms with van der Waals surface area (Å²) >= 11 is 1.33. The highest BCUT2D eigenvalue weighted by Gasteiger charge is 2.30. The van der Waals surface area contributed by atoms with Crippen LogP contribution in [0.25, 0.3) is 11.3 Å². The molecule has 3 N–H and O–H groups in total. The highest BCUT2D eigenvalue weighted by atomic mass is 32.1. The van der Waals surface area contributed by atoms with E-state index in [4.69, 9.17) is 10.5 Å². The molecule has 0 aliphatic carbocycles. The Morgan fingerprint density at radius 2 is 2.00 bits per heavy atom. The molecule has 1 aliphatic rings. The summed E-state index contributed by atoms with van der Waals surface area (Å²) in [5.41, 5.74) is 7.71. The van der Waals surface area contributed by atoms with Crippen molar-refractivity contribution in [1.82, 2.24) is 4.98 Å². The summed E-state index contributed by atoms with van der Waals surface area (Å²) < 4.78 is 32.3. The maximum absolute atomic E-state index is 13.9. The number of rotatable bonds is 4. The largest absolute Gasteiger partial charge is 0.478 e. The zero-order chi connectivity index (χ0) is 20.5. The monoisotopic (exact) mass is 416 g/mol. The number of ether oxygens (including phenoxy) is 1. The lowest BCUT2D eigenvalue weighted by molar-refractivity contribution is -0.123. The molecule has 1 aliphatic heterocycles. The lowest BCUT2D eigenvalue weighted by atomic mass is 10.1. The number of halogens is 2. The number of nitrogens with zero attached hydrogens (tertiary/aromatic N) is 2. The fourth-order valence-corrected chi connectivity index (χ4v) is 3.45. The van der Waals surface area contributed by atoms with Crippen molar-refractivity contribution >= 4 is 39.7 Å². The average Bonchev–Trinajstić information content (AvgIpc) is 3.14. The number of hydrogen-bond donors (Lipinski definition) is 2. The van der Waals surface area contributed by atoms with Gasteiger partial charge in [0.2, 0.25) is 11.7 Å². The van der Waals surface area contributed by atoms with Gasteiger partial charge in [0.25, 0.3) is 5.91 Å². The van der Waals surface area contributed by atoms with Gasteiger partial charge in [-0.2, -0.15) is 4.39 Å². The molecular formula is C19H14F2N4O3S. The van der Waals surface area contributed by atoms with E-state index in [9.17, 15) is 18.4 Å². The number of hydrogen-bond acceptors (Lipinski definition) is 6. The molecule has 0 radical (unpaired) electrons. The molecule has 0 saturated carbocycles. The lowest BCUT2D eigenvalue weighted by Gasteiger charge is -2.29. The summed E-state index contributed by atoms with van der Waals surface area (Å²) in [4.78, 5) is 29.8. The van der Waals surface area contributed by atoms with Gasteiger partial charge in [-0.1, -0.05) is 12.1 Å². The second-order valence-corrected chi connectivity index (χ2v) is 7.06. The van der Waals surface area contributed by atoms with Crippen molar-refractivity contribution in [3.05, 3.63) is 53.4 Å². The van der Waals surface area contributed by atoms with Crippen molar-refractivity contribution < 1.29 is 23.1 Å². The van der Waals surface area contributed by atoms with Crippen LogP contribution in [0.1, 0.15) is 0 Å². The minimum Gasteiger partial charge on any atom is -0.478 e. The Morgan fingerprint density at radius 3 is 2.69 bits per heavy atom. The van der Waals surface area contributed by atoms with Crippen molar-refractivity contribution in [3.8, 4) is 17.0 Å². The average molecular weight is 416 g/mol. The van der Waals surface area contributed by atoms with Gasteiger partial charge in [-0.25, -0.2) is 9.37 Å². The third-order valence-corrected chi connectivity index (χ3v) is 4.92. The van der Waals surface area contributed by atoms with Crippen molar-refractivity contribution in [1.29, 1.82) is 0 Å². The highest BCUT2D eigenvalue weighted by molar-refractivity contribution is 7.13. The topological polar surface area (TPSA) is 97.5 Å². The summed E-state index contributed by atoms with van der Waals surface area (Å²) in [6.07, 6.45) is 0. The van der Waals surface area contributed by atoms with Crippen LogP contribution < -0.4 is 20.7 Å². The Morgan fingerprint density at radius 1 is 1.24 bits per heavy atom. The van der Waals surface area contributed by atoms with Crippen LogP contribution in [0.3, 0.4) is 0 Å². The van der Waals surface area contributed by atoms with Gasteiger partial charge in [-0.15, -0.1) is 11.3 Å². The maximum atomic E-state index is 13.9. The van der Waals surface area contributed by atoms with Gasteiger partial charge in [0, 0.05) is 16.6 Å². The standard InChI is InChI=1S/C19H14F2N4O3S/c20-12-5-6-14-18(17(12)21)28-8-16(27)25(14)7-15(26)23-11-3-1-10(2-4-11)13-9-29-19(22)24-13/h1-6,9H,7-8H2,(H2,22,24)(H,23,26). The molecule has 2 aromatic carbocycles. The Hall–Kier alpha value is -3.53. The fraction of sp³-hybridized carbons (Fsp3) is 0.105. The van der Waals surface area contributed by atoms with Gasteiger partial charge in [-0.05, 0) is 24.3 Å². The summed E-state index contributed by atoms with van der Waals surface area (Å²) in [7, 11) is 0. The van der Waals surface area contributed by atoms with E-state index in [1.807, 2.05) is 5.38 Å². The van der Waals surface area contributed by atoms with E-state index in [1.54, 1.807) is 24.3 Å². The van der Waals surface area contributed by atoms with Gasteiger partial charge < -0.3 is 15.8 Å². The minimum absolute atomic E-state index is 0.00627. The molecule has 0 saturated heterocycles. The Kier molecular flexibility index (Phi) is 4.85. The van der Waals surface area contributed by atoms with Crippen molar-refractivity contribution in [2.45, 2.75) is 0 Å². The van der Waals surface area contributed by atoms with Crippen LogP contribution in [0.5, 0.6) is 5.75 Å². The third kappa shape index (κ3) is 3.74. The van der Waals surface area contributed by atoms with E-state index in [0.29, 0.717) is 10.8 Å². The zero-order valence-corrected chi connectivity index (χ0v) is 15.6. The molecule has 0 bridgehead atoms. The first-order chi connectivity index (χ1) is 13.9. The molecule has 0 unspecified atom stereocenters. The normalized spacial score (nSPS) is 13.0. The first kappa shape index (κ1) is 18.8. The predicted molar refractivity (Wildman–Crippen MR) is 105 cm³/mol. The van der Waals surface area contributed by atoms with Crippen LogP contribution in [0.4, 0.5) is 25.3 Å². The Bertz CT molecular complexity index is 1100. The van der Waals surface area contributed by atoms with E-state index in [2.05, 4.69) is 10.3 Å². The Labute approximate surface area is 167 Å². The van der Waals surface area contributed by atoms with E-state index in [0.717, 1.165) is 22.2 Å². The van der Waals surface area contributed by atoms with Crippen molar-refractivity contribution in [2.75, 3.05) is 29.1 Å². The number of anilines is 3. The van der Waals surface area contributed by atoms with Crippen LogP contribution in [0.2, 0.25) is 0 Å². The minimum atomic E-state index is -1.20. The molecule has 2 heterocycles. The predicted octanol–water partition coefficient (Wildman–Crippen LogP) is 3.03. The molecule has 1 aromatic heterocycles. The molecule has 29 heavy (non-hydrogen) atoms. The molecular weight excluding hydrogens is 402 g/mol. The van der Waals surface area contributed by atoms with Gasteiger partial charge in [0.05, 0.1) is 11.4 Å². The van der Waals surface area contributed by atoms with E-state index in [-0.39, 0.29) is 18.0 Å². The number of aromatic nitrogens is 1. The number of thiazole rings is 1. The maximum Gasteiger partial charge on any atom is 0.265 e. The summed E-state index contributed by atoms with van der Waals surface area (Å²) in [5, 5.41) is 4.95. The molecule has 7 nitrogen and oxygen atoms in total. The second-order valence-electron chi connectivity index (χ2n) is 6.17. The molecule has 4 rings (SSSR count). The highest BCUT2D eigenvalue weighted by Crippen LogP contribution is 2.35. The number of nitrogens with one attached hydrogen (secondary N) is 1. The molecule has 2 amide bonds. The second kappa shape index (κ2) is 7.47. The smallest absolute Gasteiger partial charge is 0.265 e. The summed E-state index contributed by atoms with van der Waals surface area (Å²) in [6.45, 7) is -0.850. The lowest BCUT2D eigenvalue weighted by Crippen LogP contribution is -2.43. The van der Waals surface area contributed by atoms with E-state index >= 15 is 0 Å². The van der Waals surface area contributed by atoms with E-state index < -0.39 is 30.1 Å². The summed E-state index contributed by atoms with van der Waals surface area (Å²) in [5.74, 6) is -3.70. The fourth-order valence-electron chi connectivity index (χ4n) is 2.88. The molecule has 0 spiro atoms. The zero-order valence-electron chi connectivity index (χ0n) is 14.8. The van der Waals surface area contributed by atoms with Crippen LogP contribution in [0, 0.1) is 11.6 Å². The molecule has 3 aromatic rings. The van der Waals surface area contributed by atoms with Gasteiger partial charge in [0.15, 0.2) is 23.3 Å². The number of carbonyl (C=O) groups excluding carboxylic acids is 2. The van der Waals surface area contributed by atoms with Crippen LogP contribution >= 0.6 is 11.3 Å². The van der Waals surface area contributed by atoms with Crippen LogP contribution in [-0.4, -0.2) is 29.9 Å². The summed E-state index contributed by atoms with van der Waals surface area (Å²) in [6, 6.07) is 9.01. The molecule has 148 valence electrons. The van der Waals surface area contributed by atoms with Gasteiger partial charge in [0.1, 0.15) is 6.54 Å². The van der Waals surface area contributed by atoms with E-state index in [1.165, 1.54) is 17.4 Å². The van der Waals surface area contributed by atoms with Crippen LogP contribution in [0.15, 0.2) is 41.8 Å². The molecule has 0 atom stereocenters. The number of nitrogen functional groups attached to an aromatic ring is 1. The number of benzene rings is 2. The molecule has 10 heteroatoms. The number of amides is 2. The van der Waals surface area contributed by atoms with Crippen molar-refractivity contribution in [2.24, 2.45) is 0 Å².